The summed E-state index contributed by atoms with van der Waals surface area (Å²) in [7, 11) is -3.88. The van der Waals surface area contributed by atoms with Crippen molar-refractivity contribution in [1.29, 1.82) is 0 Å². The van der Waals surface area contributed by atoms with Gasteiger partial charge in [-0.1, -0.05) is 24.3 Å². The van der Waals surface area contributed by atoms with E-state index in [1.165, 1.54) is 33.3 Å². The van der Waals surface area contributed by atoms with Gasteiger partial charge in [0.05, 0.1) is 16.3 Å². The minimum Gasteiger partial charge on any atom is -0.271 e. The Hall–Kier alpha value is -3.66. The minimum atomic E-state index is -3.88. The number of sulfonamides is 1. The first kappa shape index (κ1) is 22.5. The van der Waals surface area contributed by atoms with E-state index in [4.69, 9.17) is 0 Å². The van der Waals surface area contributed by atoms with Gasteiger partial charge in [0.15, 0.2) is 0 Å². The van der Waals surface area contributed by atoms with E-state index in [1.54, 1.807) is 12.1 Å². The van der Waals surface area contributed by atoms with Crippen molar-refractivity contribution in [3.63, 3.8) is 0 Å². The Labute approximate surface area is 192 Å². The highest BCUT2D eigenvalue weighted by Gasteiger charge is 2.36. The Morgan fingerprint density at radius 1 is 1.06 bits per heavy atom. The molecule has 9 nitrogen and oxygen atoms in total. The normalized spacial score (nSPS) is 15.2. The number of nitrogens with zero attached hydrogens (tertiary/aromatic N) is 3. The summed E-state index contributed by atoms with van der Waals surface area (Å²) < 4.78 is 29.7. The monoisotopic (exact) mass is 467 g/mol. The van der Waals surface area contributed by atoms with Gasteiger partial charge in [0.25, 0.3) is 21.8 Å². The lowest BCUT2D eigenvalue weighted by Gasteiger charge is -2.24. The first-order valence-electron chi connectivity index (χ1n) is 10.5. The Balaban J connectivity index is 1.48. The molecule has 0 saturated carbocycles. The van der Waals surface area contributed by atoms with Crippen LogP contribution in [0.5, 0.6) is 0 Å². The average molecular weight is 468 g/mol. The molecule has 2 N–H and O–H groups in total. The summed E-state index contributed by atoms with van der Waals surface area (Å²) >= 11 is 0. The zero-order valence-electron chi connectivity index (χ0n) is 18.6. The van der Waals surface area contributed by atoms with E-state index in [0.29, 0.717) is 12.1 Å². The Bertz CT molecular complexity index is 1330. The molecule has 4 rings (SSSR count). The summed E-state index contributed by atoms with van der Waals surface area (Å²) in [6.45, 7) is 5.45. The number of anilines is 1. The van der Waals surface area contributed by atoms with Crippen molar-refractivity contribution >= 4 is 27.5 Å². The van der Waals surface area contributed by atoms with Crippen LogP contribution in [0, 0.1) is 13.8 Å². The summed E-state index contributed by atoms with van der Waals surface area (Å²) in [5.74, 6) is -1.08. The number of hydrogen-bond donors (Lipinski definition) is 2. The van der Waals surface area contributed by atoms with Gasteiger partial charge in [-0.2, -0.15) is 5.10 Å². The predicted molar refractivity (Wildman–Crippen MR) is 123 cm³/mol. The number of amides is 2. The van der Waals surface area contributed by atoms with Crippen LogP contribution >= 0.6 is 0 Å². The quantitative estimate of drug-likeness (QED) is 0.558. The van der Waals surface area contributed by atoms with Crippen LogP contribution in [-0.2, 0) is 27.8 Å². The van der Waals surface area contributed by atoms with E-state index < -0.39 is 21.8 Å². The topological polar surface area (TPSA) is 113 Å². The van der Waals surface area contributed by atoms with Crippen LogP contribution in [0.4, 0.5) is 5.69 Å². The molecule has 2 heterocycles. The van der Waals surface area contributed by atoms with Crippen molar-refractivity contribution in [2.45, 2.75) is 44.7 Å². The van der Waals surface area contributed by atoms with Gasteiger partial charge in [-0.3, -0.25) is 29.4 Å². The van der Waals surface area contributed by atoms with Crippen LogP contribution in [0.25, 0.3) is 0 Å². The maximum absolute atomic E-state index is 13.4. The molecule has 2 amide bonds. The first-order chi connectivity index (χ1) is 15.7. The largest absolute Gasteiger partial charge is 0.271 e. The van der Waals surface area contributed by atoms with Crippen LogP contribution < -0.4 is 15.2 Å². The number of carbonyl (C=O) groups is 2. The third-order valence-corrected chi connectivity index (χ3v) is 7.43. The summed E-state index contributed by atoms with van der Waals surface area (Å²) in [6.07, 6.45) is 0.622. The smallest absolute Gasteiger partial charge is 0.269 e. The summed E-state index contributed by atoms with van der Waals surface area (Å²) in [6, 6.07) is 14.8. The highest BCUT2D eigenvalue weighted by Crippen LogP contribution is 2.36. The molecule has 172 valence electrons. The molecular weight excluding hydrogens is 442 g/mol. The lowest BCUT2D eigenvalue weighted by molar-refractivity contribution is -0.122. The van der Waals surface area contributed by atoms with Crippen LogP contribution in [0.1, 0.15) is 34.2 Å². The number of carbonyl (C=O) groups excluding carboxylic acids is 2. The fourth-order valence-corrected chi connectivity index (χ4v) is 5.76. The van der Waals surface area contributed by atoms with Crippen LogP contribution in [0.15, 0.2) is 59.5 Å². The van der Waals surface area contributed by atoms with Gasteiger partial charge >= 0.3 is 0 Å². The SMILES string of the molecule is Cc1cc(C)n(CC(=O)NNC(=O)c2cccc(S(=O)(=O)N3c4ccccc4C[C@H]3C)c2)n1. The zero-order chi connectivity index (χ0) is 23.8. The van der Waals surface area contributed by atoms with Gasteiger partial charge in [0, 0.05) is 17.3 Å². The van der Waals surface area contributed by atoms with Gasteiger partial charge in [0.2, 0.25) is 0 Å². The molecule has 1 aromatic heterocycles. The van der Waals surface area contributed by atoms with Crippen molar-refractivity contribution in [1.82, 2.24) is 20.6 Å². The summed E-state index contributed by atoms with van der Waals surface area (Å²) in [5.41, 5.74) is 8.01. The number of nitrogens with one attached hydrogen (secondary N) is 2. The molecule has 0 bridgehead atoms. The van der Waals surface area contributed by atoms with Gasteiger partial charge in [0.1, 0.15) is 6.54 Å². The van der Waals surface area contributed by atoms with Crippen LogP contribution in [0.3, 0.4) is 0 Å². The molecule has 2 aromatic carbocycles. The van der Waals surface area contributed by atoms with Gasteiger partial charge in [-0.15, -0.1) is 0 Å². The number of benzene rings is 2. The molecule has 0 saturated heterocycles. The van der Waals surface area contributed by atoms with Crippen LogP contribution in [-0.4, -0.2) is 36.1 Å². The molecule has 0 radical (unpaired) electrons. The second-order valence-electron chi connectivity index (χ2n) is 8.10. The lowest BCUT2D eigenvalue weighted by atomic mass is 10.1. The van der Waals surface area contributed by atoms with E-state index in [0.717, 1.165) is 17.0 Å². The van der Waals surface area contributed by atoms with Crippen molar-refractivity contribution in [3.8, 4) is 0 Å². The number of hydrogen-bond acceptors (Lipinski definition) is 5. The number of aromatic nitrogens is 2. The molecule has 10 heteroatoms. The van der Waals surface area contributed by atoms with Gasteiger partial charge < -0.3 is 0 Å². The molecule has 0 spiro atoms. The fourth-order valence-electron chi connectivity index (χ4n) is 4.02. The number of aryl methyl sites for hydroxylation is 2. The van der Waals surface area contributed by atoms with Crippen LogP contribution in [0.2, 0.25) is 0 Å². The van der Waals surface area contributed by atoms with E-state index in [1.807, 2.05) is 39.0 Å². The first-order valence-corrected chi connectivity index (χ1v) is 11.9. The Morgan fingerprint density at radius 3 is 2.55 bits per heavy atom. The summed E-state index contributed by atoms with van der Waals surface area (Å²) in [5, 5.41) is 4.21. The average Bonchev–Trinajstić information content (AvgIpc) is 3.29. The van der Waals surface area contributed by atoms with E-state index in [2.05, 4.69) is 16.0 Å². The maximum Gasteiger partial charge on any atom is 0.269 e. The second kappa shape index (κ2) is 8.70. The number of hydrazine groups is 1. The second-order valence-corrected chi connectivity index (χ2v) is 9.91. The number of rotatable bonds is 5. The molecule has 0 unspecified atom stereocenters. The Morgan fingerprint density at radius 2 is 1.82 bits per heavy atom. The number of fused-ring (bicyclic) bond motifs is 1. The lowest BCUT2D eigenvalue weighted by Crippen LogP contribution is -2.43. The molecule has 3 aromatic rings. The Kier molecular flexibility index (Phi) is 5.94. The molecule has 1 atom stereocenters. The van der Waals surface area contributed by atoms with Crippen molar-refractivity contribution in [2.24, 2.45) is 0 Å². The van der Waals surface area contributed by atoms with Crippen molar-refractivity contribution < 1.29 is 18.0 Å². The van der Waals surface area contributed by atoms with E-state index in [9.17, 15) is 18.0 Å². The van der Waals surface area contributed by atoms with E-state index in [-0.39, 0.29) is 23.0 Å². The zero-order valence-corrected chi connectivity index (χ0v) is 19.4. The van der Waals surface area contributed by atoms with Gasteiger partial charge in [-0.25, -0.2) is 8.42 Å². The molecular formula is C23H25N5O4S. The highest BCUT2D eigenvalue weighted by atomic mass is 32.2. The van der Waals surface area contributed by atoms with Crippen molar-refractivity contribution in [3.05, 3.63) is 77.1 Å². The maximum atomic E-state index is 13.4. The molecule has 0 fully saturated rings. The molecule has 1 aliphatic rings. The molecule has 0 aliphatic carbocycles. The fraction of sp³-hybridized carbons (Fsp3) is 0.261. The molecule has 1 aliphatic heterocycles. The third kappa shape index (κ3) is 4.47. The number of para-hydroxylation sites is 1. The minimum absolute atomic E-state index is 0.00710. The van der Waals surface area contributed by atoms with E-state index >= 15 is 0 Å². The standard InChI is InChI=1S/C23H25N5O4S/c1-15-11-16(2)27(26-15)14-22(29)24-25-23(30)19-8-6-9-20(13-19)33(31,32)28-17(3)12-18-7-4-5-10-21(18)28/h4-11,13,17H,12,14H2,1-3H3,(H,24,29)(H,25,30)/t17-/m1/s1. The third-order valence-electron chi connectivity index (χ3n) is 5.51. The van der Waals surface area contributed by atoms with Gasteiger partial charge in [-0.05, 0) is 63.1 Å². The summed E-state index contributed by atoms with van der Waals surface area (Å²) in [4.78, 5) is 24.8. The predicted octanol–water partition coefficient (Wildman–Crippen LogP) is 2.10. The highest BCUT2D eigenvalue weighted by molar-refractivity contribution is 7.92. The molecule has 33 heavy (non-hydrogen) atoms. The van der Waals surface area contributed by atoms with Crippen molar-refractivity contribution in [2.75, 3.05) is 4.31 Å².